The second kappa shape index (κ2) is 12.4. The second-order valence-electron chi connectivity index (χ2n) is 6.06. The molecule has 0 heterocycles. The summed E-state index contributed by atoms with van der Waals surface area (Å²) in [4.78, 5) is 6.50. The van der Waals surface area contributed by atoms with Crippen LogP contribution in [-0.2, 0) is 13.0 Å². The fraction of sp³-hybridized carbons (Fsp3) is 0.350. The Morgan fingerprint density at radius 1 is 1.07 bits per heavy atom. The molecule has 0 atom stereocenters. The van der Waals surface area contributed by atoms with E-state index in [-0.39, 0.29) is 35.5 Å². The lowest BCUT2D eigenvalue weighted by atomic mass is 10.1. The Labute approximate surface area is 181 Å². The number of nitrogens with one attached hydrogen (secondary N) is 1. The zero-order chi connectivity index (χ0) is 19.6. The van der Waals surface area contributed by atoms with Crippen LogP contribution in [0.2, 0.25) is 0 Å². The van der Waals surface area contributed by atoms with Gasteiger partial charge in [0.1, 0.15) is 0 Å². The third-order valence-corrected chi connectivity index (χ3v) is 3.82. The molecule has 5 nitrogen and oxygen atoms in total. The first-order chi connectivity index (χ1) is 13.0. The molecular formula is C20H26F2IN3O2. The maximum Gasteiger partial charge on any atom is 0.387 e. The summed E-state index contributed by atoms with van der Waals surface area (Å²) in [6.07, 6.45) is 0.627. The van der Waals surface area contributed by atoms with Crippen LogP contribution >= 0.6 is 24.0 Å². The van der Waals surface area contributed by atoms with Crippen molar-refractivity contribution in [2.45, 2.75) is 19.6 Å². The number of hydrogen-bond donors (Lipinski definition) is 1. The zero-order valence-corrected chi connectivity index (χ0v) is 18.5. The molecule has 0 saturated heterocycles. The van der Waals surface area contributed by atoms with Crippen LogP contribution in [0.1, 0.15) is 11.1 Å². The van der Waals surface area contributed by atoms with Crippen LogP contribution in [0, 0.1) is 0 Å². The quantitative estimate of drug-likeness (QED) is 0.333. The minimum atomic E-state index is -2.89. The number of alkyl halides is 2. The minimum absolute atomic E-state index is 0. The number of benzene rings is 2. The van der Waals surface area contributed by atoms with Crippen molar-refractivity contribution in [3.63, 3.8) is 0 Å². The second-order valence-corrected chi connectivity index (χ2v) is 6.06. The molecule has 0 unspecified atom stereocenters. The van der Waals surface area contributed by atoms with Gasteiger partial charge in [-0.15, -0.1) is 24.0 Å². The minimum Gasteiger partial charge on any atom is -0.493 e. The average Bonchev–Trinajstić information content (AvgIpc) is 2.64. The number of nitrogens with zero attached hydrogens (tertiary/aromatic N) is 2. The zero-order valence-electron chi connectivity index (χ0n) is 16.2. The Balaban J connectivity index is 0.00000392. The highest BCUT2D eigenvalue weighted by atomic mass is 127. The fourth-order valence-corrected chi connectivity index (χ4v) is 2.49. The lowest BCUT2D eigenvalue weighted by Gasteiger charge is -2.18. The van der Waals surface area contributed by atoms with E-state index >= 15 is 0 Å². The molecule has 0 aliphatic heterocycles. The molecule has 0 spiro atoms. The molecule has 0 radical (unpaired) electrons. The molecule has 28 heavy (non-hydrogen) atoms. The predicted molar refractivity (Wildman–Crippen MR) is 118 cm³/mol. The summed E-state index contributed by atoms with van der Waals surface area (Å²) in [7, 11) is 5.25. The van der Waals surface area contributed by atoms with Gasteiger partial charge in [0.15, 0.2) is 17.5 Å². The van der Waals surface area contributed by atoms with Crippen molar-refractivity contribution in [2.75, 3.05) is 27.7 Å². The van der Waals surface area contributed by atoms with Crippen LogP contribution in [-0.4, -0.2) is 45.2 Å². The molecule has 0 saturated carbocycles. The molecule has 0 amide bonds. The van der Waals surface area contributed by atoms with E-state index in [1.54, 1.807) is 12.1 Å². The summed E-state index contributed by atoms with van der Waals surface area (Å²) in [6, 6.07) is 15.0. The standard InChI is InChI=1S/C20H25F2N3O2.HI/c1-25(2)20(24-14-16-7-5-4-6-8-16)23-12-11-15-9-10-17(26-3)18(13-15)27-19(21)22;/h4-10,13,19H,11-12,14H2,1-3H3,(H,23,24);1H. The number of guanidine groups is 1. The number of halogens is 3. The van der Waals surface area contributed by atoms with Gasteiger partial charge in [0.25, 0.3) is 0 Å². The number of methoxy groups -OCH3 is 1. The number of hydrogen-bond acceptors (Lipinski definition) is 3. The first kappa shape index (κ1) is 23.9. The molecule has 2 rings (SSSR count). The van der Waals surface area contributed by atoms with Crippen LogP contribution in [0.4, 0.5) is 8.78 Å². The van der Waals surface area contributed by atoms with Crippen molar-refractivity contribution in [3.05, 3.63) is 59.7 Å². The maximum atomic E-state index is 12.5. The monoisotopic (exact) mass is 505 g/mol. The highest BCUT2D eigenvalue weighted by Crippen LogP contribution is 2.29. The van der Waals surface area contributed by atoms with E-state index in [1.807, 2.05) is 55.4 Å². The molecule has 0 fully saturated rings. The SMILES string of the molecule is COc1ccc(CCNC(=NCc2ccccc2)N(C)C)cc1OC(F)F.I. The summed E-state index contributed by atoms with van der Waals surface area (Å²) < 4.78 is 34.6. The van der Waals surface area contributed by atoms with E-state index in [4.69, 9.17) is 4.74 Å². The molecule has 2 aromatic rings. The van der Waals surface area contributed by atoms with Gasteiger partial charge in [-0.25, -0.2) is 4.99 Å². The molecule has 0 aromatic heterocycles. The Morgan fingerprint density at radius 3 is 2.39 bits per heavy atom. The molecule has 8 heteroatoms. The number of rotatable bonds is 8. The predicted octanol–water partition coefficient (Wildman–Crippen LogP) is 4.16. The first-order valence-electron chi connectivity index (χ1n) is 8.61. The van der Waals surface area contributed by atoms with Crippen LogP contribution in [0.15, 0.2) is 53.5 Å². The molecule has 1 N–H and O–H groups in total. The van der Waals surface area contributed by atoms with E-state index in [9.17, 15) is 8.78 Å². The Hall–Kier alpha value is -2.10. The van der Waals surface area contributed by atoms with Gasteiger partial charge < -0.3 is 19.7 Å². The Bertz CT molecular complexity index is 743. The number of ether oxygens (including phenoxy) is 2. The van der Waals surface area contributed by atoms with Gasteiger partial charge in [0.05, 0.1) is 13.7 Å². The Kier molecular flexibility index (Phi) is 10.6. The van der Waals surface area contributed by atoms with Crippen molar-refractivity contribution in [3.8, 4) is 11.5 Å². The van der Waals surface area contributed by atoms with Gasteiger partial charge in [-0.3, -0.25) is 0 Å². The van der Waals surface area contributed by atoms with Crippen LogP contribution < -0.4 is 14.8 Å². The van der Waals surface area contributed by atoms with E-state index in [1.165, 1.54) is 7.11 Å². The molecule has 0 aliphatic rings. The molecular weight excluding hydrogens is 479 g/mol. The van der Waals surface area contributed by atoms with Gasteiger partial charge in [0.2, 0.25) is 0 Å². The van der Waals surface area contributed by atoms with Gasteiger partial charge >= 0.3 is 6.61 Å². The summed E-state index contributed by atoms with van der Waals surface area (Å²) >= 11 is 0. The summed E-state index contributed by atoms with van der Waals surface area (Å²) in [6.45, 7) is -1.71. The largest absolute Gasteiger partial charge is 0.493 e. The van der Waals surface area contributed by atoms with Crippen molar-refractivity contribution in [1.82, 2.24) is 10.2 Å². The van der Waals surface area contributed by atoms with Crippen LogP contribution in [0.3, 0.4) is 0 Å². The lowest BCUT2D eigenvalue weighted by molar-refractivity contribution is -0.0512. The lowest BCUT2D eigenvalue weighted by Crippen LogP contribution is -2.37. The summed E-state index contributed by atoms with van der Waals surface area (Å²) in [5.41, 5.74) is 1.99. The maximum absolute atomic E-state index is 12.5. The van der Waals surface area contributed by atoms with Gasteiger partial charge in [-0.2, -0.15) is 8.78 Å². The van der Waals surface area contributed by atoms with E-state index in [0.29, 0.717) is 19.5 Å². The topological polar surface area (TPSA) is 46.1 Å². The molecule has 0 bridgehead atoms. The van der Waals surface area contributed by atoms with Crippen molar-refractivity contribution < 1.29 is 18.3 Å². The molecule has 154 valence electrons. The van der Waals surface area contributed by atoms with Gasteiger partial charge in [-0.05, 0) is 29.7 Å². The smallest absolute Gasteiger partial charge is 0.387 e. The van der Waals surface area contributed by atoms with E-state index < -0.39 is 6.61 Å². The molecule has 2 aromatic carbocycles. The highest BCUT2D eigenvalue weighted by Gasteiger charge is 2.11. The third-order valence-electron chi connectivity index (χ3n) is 3.82. The van der Waals surface area contributed by atoms with E-state index in [2.05, 4.69) is 15.0 Å². The molecule has 0 aliphatic carbocycles. The van der Waals surface area contributed by atoms with Gasteiger partial charge in [0, 0.05) is 20.6 Å². The first-order valence-corrected chi connectivity index (χ1v) is 8.61. The van der Waals surface area contributed by atoms with Gasteiger partial charge in [-0.1, -0.05) is 36.4 Å². The normalized spacial score (nSPS) is 11.0. The Morgan fingerprint density at radius 2 is 1.79 bits per heavy atom. The van der Waals surface area contributed by atoms with Crippen molar-refractivity contribution >= 4 is 29.9 Å². The average molecular weight is 505 g/mol. The third kappa shape index (κ3) is 7.87. The highest BCUT2D eigenvalue weighted by molar-refractivity contribution is 14.0. The van der Waals surface area contributed by atoms with Crippen LogP contribution in [0.5, 0.6) is 11.5 Å². The van der Waals surface area contributed by atoms with E-state index in [0.717, 1.165) is 17.1 Å². The summed E-state index contributed by atoms with van der Waals surface area (Å²) in [5.74, 6) is 1.08. The number of aliphatic imine (C=N–C) groups is 1. The summed E-state index contributed by atoms with van der Waals surface area (Å²) in [5, 5.41) is 3.28. The van der Waals surface area contributed by atoms with Crippen molar-refractivity contribution in [2.24, 2.45) is 4.99 Å². The van der Waals surface area contributed by atoms with Crippen molar-refractivity contribution in [1.29, 1.82) is 0 Å². The fourth-order valence-electron chi connectivity index (χ4n) is 2.49. The van der Waals surface area contributed by atoms with Crippen LogP contribution in [0.25, 0.3) is 0 Å².